The minimum atomic E-state index is -3.09. The number of sulfone groups is 1. The van der Waals surface area contributed by atoms with Crippen LogP contribution in [0, 0.1) is 11.3 Å². The van der Waals surface area contributed by atoms with E-state index in [9.17, 15) is 18.3 Å². The molecule has 0 spiro atoms. The van der Waals surface area contributed by atoms with Crippen LogP contribution in [0.25, 0.3) is 0 Å². The van der Waals surface area contributed by atoms with Gasteiger partial charge in [0, 0.05) is 18.0 Å². The Balaban J connectivity index is 1.99. The molecule has 8 heteroatoms. The maximum Gasteiger partial charge on any atom is 0.319 e. The van der Waals surface area contributed by atoms with Crippen molar-refractivity contribution in [3.05, 3.63) is 24.3 Å². The summed E-state index contributed by atoms with van der Waals surface area (Å²) in [5.41, 5.74) is -0.0684. The fourth-order valence-corrected chi connectivity index (χ4v) is 4.76. The highest BCUT2D eigenvalue weighted by Gasteiger charge is 2.43. The Labute approximate surface area is 167 Å². The first-order chi connectivity index (χ1) is 12.9. The largest absolute Gasteiger partial charge is 0.492 e. The second kappa shape index (κ2) is 8.69. The molecule has 158 valence electrons. The Morgan fingerprint density at radius 2 is 2.04 bits per heavy atom. The van der Waals surface area contributed by atoms with Crippen LogP contribution in [0.4, 0.5) is 10.5 Å². The third-order valence-corrected chi connectivity index (χ3v) is 5.86. The summed E-state index contributed by atoms with van der Waals surface area (Å²) in [6, 6.07) is 6.40. The Bertz CT molecular complexity index is 794. The predicted molar refractivity (Wildman–Crippen MR) is 110 cm³/mol. The van der Waals surface area contributed by atoms with E-state index in [2.05, 4.69) is 31.4 Å². The average Bonchev–Trinajstić information content (AvgIpc) is 2.51. The predicted octanol–water partition coefficient (Wildman–Crippen LogP) is 2.81. The number of rotatable bonds is 7. The Kier molecular flexibility index (Phi) is 6.98. The van der Waals surface area contributed by atoms with Crippen LogP contribution in [0.2, 0.25) is 0 Å². The van der Waals surface area contributed by atoms with Crippen molar-refractivity contribution < 1.29 is 23.1 Å². The Morgan fingerprint density at radius 3 is 2.64 bits per heavy atom. The van der Waals surface area contributed by atoms with Crippen LogP contribution in [0.5, 0.6) is 5.75 Å². The number of hydrogen-bond acceptors (Lipinski definition) is 5. The minimum Gasteiger partial charge on any atom is -0.492 e. The van der Waals surface area contributed by atoms with Crippen LogP contribution in [0.3, 0.4) is 0 Å². The second-order valence-electron chi connectivity index (χ2n) is 8.88. The molecule has 0 unspecified atom stereocenters. The lowest BCUT2D eigenvalue weighted by atomic mass is 9.64. The maximum atomic E-state index is 12.6. The molecule has 2 amide bonds. The van der Waals surface area contributed by atoms with E-state index < -0.39 is 15.4 Å². The van der Waals surface area contributed by atoms with E-state index in [4.69, 9.17) is 4.74 Å². The number of anilines is 1. The number of benzene rings is 1. The summed E-state index contributed by atoms with van der Waals surface area (Å²) in [5, 5.41) is 15.8. The van der Waals surface area contributed by atoms with E-state index in [1.165, 1.54) is 0 Å². The molecule has 1 saturated carbocycles. The average molecular weight is 413 g/mol. The minimum absolute atomic E-state index is 0.0427. The van der Waals surface area contributed by atoms with Crippen LogP contribution in [-0.2, 0) is 9.84 Å². The van der Waals surface area contributed by atoms with Crippen molar-refractivity contribution in [1.29, 1.82) is 0 Å². The Hall–Kier alpha value is -1.80. The third-order valence-electron chi connectivity index (χ3n) is 4.95. The molecule has 0 heterocycles. The normalized spacial score (nSPS) is 24.4. The SMILES string of the molecule is C[C@H]1CC(C)(C)C[C@](CO)(NC(=O)Nc2cccc(OCCS(C)(=O)=O)c2)C1. The van der Waals surface area contributed by atoms with E-state index in [1.54, 1.807) is 24.3 Å². The number of amides is 2. The molecule has 1 aromatic rings. The van der Waals surface area contributed by atoms with Gasteiger partial charge < -0.3 is 20.5 Å². The molecule has 0 saturated heterocycles. The van der Waals surface area contributed by atoms with Crippen molar-refractivity contribution >= 4 is 21.6 Å². The lowest BCUT2D eigenvalue weighted by Gasteiger charge is -2.47. The van der Waals surface area contributed by atoms with Gasteiger partial charge in [0.2, 0.25) is 0 Å². The summed E-state index contributed by atoms with van der Waals surface area (Å²) >= 11 is 0. The molecular weight excluding hydrogens is 380 g/mol. The topological polar surface area (TPSA) is 105 Å². The molecule has 0 aromatic heterocycles. The van der Waals surface area contributed by atoms with Gasteiger partial charge >= 0.3 is 6.03 Å². The number of aliphatic hydroxyl groups is 1. The van der Waals surface area contributed by atoms with Crippen molar-refractivity contribution in [3.8, 4) is 5.75 Å². The first-order valence-corrected chi connectivity index (χ1v) is 11.6. The molecule has 2 atom stereocenters. The Morgan fingerprint density at radius 1 is 1.32 bits per heavy atom. The quantitative estimate of drug-likeness (QED) is 0.639. The molecule has 1 aromatic carbocycles. The molecule has 1 aliphatic rings. The smallest absolute Gasteiger partial charge is 0.319 e. The molecule has 0 radical (unpaired) electrons. The van der Waals surface area contributed by atoms with Crippen molar-refractivity contribution in [2.75, 3.05) is 30.5 Å². The van der Waals surface area contributed by atoms with Gasteiger partial charge in [-0.25, -0.2) is 13.2 Å². The monoisotopic (exact) mass is 412 g/mol. The van der Waals surface area contributed by atoms with Crippen molar-refractivity contribution in [1.82, 2.24) is 5.32 Å². The molecule has 0 aliphatic heterocycles. The first-order valence-electron chi connectivity index (χ1n) is 9.53. The van der Waals surface area contributed by atoms with Gasteiger partial charge in [-0.05, 0) is 42.7 Å². The van der Waals surface area contributed by atoms with Gasteiger partial charge in [0.1, 0.15) is 12.4 Å². The zero-order valence-electron chi connectivity index (χ0n) is 17.1. The zero-order valence-corrected chi connectivity index (χ0v) is 17.9. The van der Waals surface area contributed by atoms with E-state index in [1.807, 2.05) is 0 Å². The van der Waals surface area contributed by atoms with Gasteiger partial charge in [0.15, 0.2) is 9.84 Å². The second-order valence-corrected chi connectivity index (χ2v) is 11.1. The van der Waals surface area contributed by atoms with Gasteiger partial charge in [-0.1, -0.05) is 26.8 Å². The fourth-order valence-electron chi connectivity index (χ4n) is 4.38. The van der Waals surface area contributed by atoms with E-state index in [0.29, 0.717) is 23.8 Å². The number of carbonyl (C=O) groups is 1. The summed E-state index contributed by atoms with van der Waals surface area (Å²) in [7, 11) is -3.09. The highest BCUT2D eigenvalue weighted by Crippen LogP contribution is 2.43. The summed E-state index contributed by atoms with van der Waals surface area (Å²) < 4.78 is 27.8. The van der Waals surface area contributed by atoms with Crippen molar-refractivity contribution in [2.24, 2.45) is 11.3 Å². The van der Waals surface area contributed by atoms with Gasteiger partial charge in [-0.15, -0.1) is 0 Å². The summed E-state index contributed by atoms with van der Waals surface area (Å²) in [6.07, 6.45) is 3.66. The highest BCUT2D eigenvalue weighted by atomic mass is 32.2. The number of nitrogens with one attached hydrogen (secondary N) is 2. The number of urea groups is 1. The number of aliphatic hydroxyl groups excluding tert-OH is 1. The summed E-state index contributed by atoms with van der Waals surface area (Å²) in [4.78, 5) is 12.6. The lowest BCUT2D eigenvalue weighted by Crippen LogP contribution is -2.58. The fraction of sp³-hybridized carbons (Fsp3) is 0.650. The van der Waals surface area contributed by atoms with Crippen LogP contribution in [0.15, 0.2) is 24.3 Å². The highest BCUT2D eigenvalue weighted by molar-refractivity contribution is 7.90. The summed E-state index contributed by atoms with van der Waals surface area (Å²) in [6.45, 7) is 6.40. The maximum absolute atomic E-state index is 12.6. The molecule has 0 bridgehead atoms. The summed E-state index contributed by atoms with van der Waals surface area (Å²) in [5.74, 6) is 0.812. The van der Waals surface area contributed by atoms with Crippen LogP contribution >= 0.6 is 0 Å². The molecule has 1 aliphatic carbocycles. The van der Waals surface area contributed by atoms with Gasteiger partial charge in [-0.3, -0.25) is 0 Å². The molecule has 3 N–H and O–H groups in total. The van der Waals surface area contributed by atoms with Crippen molar-refractivity contribution in [2.45, 2.75) is 45.6 Å². The van der Waals surface area contributed by atoms with Crippen LogP contribution in [-0.4, -0.2) is 50.3 Å². The standard InChI is InChI=1S/C20H32N2O5S/c1-15-11-19(2,3)13-20(12-15,14-23)22-18(24)21-16-6-5-7-17(10-16)27-8-9-28(4,25)26/h5-7,10,15,23H,8-9,11-14H2,1-4H3,(H2,21,22,24)/t15-,20+/m0/s1. The number of hydrogen-bond donors (Lipinski definition) is 3. The van der Waals surface area contributed by atoms with E-state index in [-0.39, 0.29) is 30.4 Å². The van der Waals surface area contributed by atoms with Gasteiger partial charge in [-0.2, -0.15) is 0 Å². The van der Waals surface area contributed by atoms with E-state index >= 15 is 0 Å². The van der Waals surface area contributed by atoms with Gasteiger partial charge in [0.05, 0.1) is 17.9 Å². The zero-order chi connectivity index (χ0) is 21.0. The van der Waals surface area contributed by atoms with Crippen LogP contribution in [0.1, 0.15) is 40.0 Å². The first kappa shape index (κ1) is 22.5. The molecule has 7 nitrogen and oxygen atoms in total. The lowest BCUT2D eigenvalue weighted by molar-refractivity contribution is 0.0446. The van der Waals surface area contributed by atoms with Crippen molar-refractivity contribution in [3.63, 3.8) is 0 Å². The molecular formula is C20H32N2O5S. The molecule has 1 fully saturated rings. The molecule has 2 rings (SSSR count). The van der Waals surface area contributed by atoms with E-state index in [0.717, 1.165) is 19.1 Å². The number of carbonyl (C=O) groups excluding carboxylic acids is 1. The number of ether oxygens (including phenoxy) is 1. The molecule has 28 heavy (non-hydrogen) atoms. The third kappa shape index (κ3) is 6.98. The van der Waals surface area contributed by atoms with Gasteiger partial charge in [0.25, 0.3) is 0 Å². The van der Waals surface area contributed by atoms with Crippen LogP contribution < -0.4 is 15.4 Å².